The number of carbonyl (C=O) groups excluding carboxylic acids is 1. The van der Waals surface area contributed by atoms with E-state index in [0.29, 0.717) is 17.9 Å². The smallest absolute Gasteiger partial charge is 0.163 e. The first-order valence-corrected chi connectivity index (χ1v) is 4.25. The molecule has 0 saturated carbocycles. The van der Waals surface area contributed by atoms with E-state index in [0.717, 1.165) is 17.7 Å². The lowest BCUT2D eigenvalue weighted by Gasteiger charge is -2.06. The van der Waals surface area contributed by atoms with E-state index in [1.807, 2.05) is 0 Å². The third-order valence-electron chi connectivity index (χ3n) is 2.27. The number of anilines is 1. The molecule has 0 bridgehead atoms. The molecule has 13 heavy (non-hydrogen) atoms. The Morgan fingerprint density at radius 3 is 3.00 bits per heavy atom. The summed E-state index contributed by atoms with van der Waals surface area (Å²) in [7, 11) is 0. The van der Waals surface area contributed by atoms with Gasteiger partial charge in [-0.25, -0.2) is 0 Å². The van der Waals surface area contributed by atoms with Crippen molar-refractivity contribution in [2.45, 2.75) is 13.3 Å². The summed E-state index contributed by atoms with van der Waals surface area (Å²) < 4.78 is 5.37. The fourth-order valence-corrected chi connectivity index (χ4v) is 1.60. The molecule has 0 saturated heterocycles. The van der Waals surface area contributed by atoms with Gasteiger partial charge in [0.05, 0.1) is 12.2 Å². The number of rotatable bonds is 1. The Bertz CT molecular complexity index is 371. The predicted octanol–water partition coefficient (Wildman–Crippen LogP) is 1.41. The number of carbonyl (C=O) groups is 1. The van der Waals surface area contributed by atoms with Gasteiger partial charge in [0.25, 0.3) is 0 Å². The Hall–Kier alpha value is -1.51. The lowest BCUT2D eigenvalue weighted by Crippen LogP contribution is -1.98. The van der Waals surface area contributed by atoms with Gasteiger partial charge in [0.2, 0.25) is 0 Å². The zero-order valence-electron chi connectivity index (χ0n) is 7.46. The van der Waals surface area contributed by atoms with Gasteiger partial charge in [0.1, 0.15) is 5.75 Å². The van der Waals surface area contributed by atoms with E-state index in [2.05, 4.69) is 0 Å². The second kappa shape index (κ2) is 2.76. The molecule has 0 radical (unpaired) electrons. The molecule has 0 aromatic heterocycles. The minimum Gasteiger partial charge on any atom is -0.492 e. The molecule has 3 heteroatoms. The van der Waals surface area contributed by atoms with Gasteiger partial charge in [-0.1, -0.05) is 0 Å². The average molecular weight is 177 g/mol. The summed E-state index contributed by atoms with van der Waals surface area (Å²) in [5, 5.41) is 0. The summed E-state index contributed by atoms with van der Waals surface area (Å²) >= 11 is 0. The highest BCUT2D eigenvalue weighted by molar-refractivity contribution is 5.98. The van der Waals surface area contributed by atoms with Gasteiger partial charge < -0.3 is 10.5 Å². The monoisotopic (exact) mass is 177 g/mol. The summed E-state index contributed by atoms with van der Waals surface area (Å²) in [5.41, 5.74) is 8.09. The Kier molecular flexibility index (Phi) is 1.72. The highest BCUT2D eigenvalue weighted by atomic mass is 16.5. The topological polar surface area (TPSA) is 52.3 Å². The van der Waals surface area contributed by atoms with Crippen LogP contribution in [0.3, 0.4) is 0 Å². The molecule has 0 spiro atoms. The van der Waals surface area contributed by atoms with Crippen molar-refractivity contribution in [2.24, 2.45) is 0 Å². The first-order chi connectivity index (χ1) is 6.20. The maximum Gasteiger partial charge on any atom is 0.163 e. The normalized spacial score (nSPS) is 13.6. The van der Waals surface area contributed by atoms with Crippen LogP contribution in [-0.4, -0.2) is 12.4 Å². The summed E-state index contributed by atoms with van der Waals surface area (Å²) in [6.45, 7) is 2.16. The maximum absolute atomic E-state index is 11.2. The van der Waals surface area contributed by atoms with Crippen LogP contribution in [0, 0.1) is 0 Å². The molecule has 3 nitrogen and oxygen atoms in total. The van der Waals surface area contributed by atoms with Gasteiger partial charge >= 0.3 is 0 Å². The first kappa shape index (κ1) is 8.10. The molecule has 0 fully saturated rings. The van der Waals surface area contributed by atoms with E-state index < -0.39 is 0 Å². The van der Waals surface area contributed by atoms with Crippen molar-refractivity contribution in [1.29, 1.82) is 0 Å². The van der Waals surface area contributed by atoms with E-state index >= 15 is 0 Å². The summed E-state index contributed by atoms with van der Waals surface area (Å²) in [4.78, 5) is 11.2. The summed E-state index contributed by atoms with van der Waals surface area (Å²) in [6.07, 6.45) is 0.808. The summed E-state index contributed by atoms with van der Waals surface area (Å²) in [6, 6.07) is 3.49. The number of nitrogens with two attached hydrogens (primary N) is 1. The van der Waals surface area contributed by atoms with Crippen molar-refractivity contribution in [3.05, 3.63) is 23.3 Å². The van der Waals surface area contributed by atoms with Crippen molar-refractivity contribution in [3.8, 4) is 5.75 Å². The van der Waals surface area contributed by atoms with Crippen molar-refractivity contribution in [1.82, 2.24) is 0 Å². The molecule has 1 aromatic rings. The number of hydrogen-bond acceptors (Lipinski definition) is 3. The highest BCUT2D eigenvalue weighted by Gasteiger charge is 2.20. The number of Topliss-reactive ketones (excluding diaryl/α,β-unsaturated/α-hetero) is 1. The zero-order chi connectivity index (χ0) is 9.42. The lowest BCUT2D eigenvalue weighted by atomic mass is 10.0. The van der Waals surface area contributed by atoms with Crippen LogP contribution in [-0.2, 0) is 6.42 Å². The molecule has 2 N–H and O–H groups in total. The Balaban J connectivity index is 2.62. The molecule has 68 valence electrons. The molecule has 1 aromatic carbocycles. The second-order valence-corrected chi connectivity index (χ2v) is 3.16. The molecule has 0 unspecified atom stereocenters. The first-order valence-electron chi connectivity index (χ1n) is 4.25. The molecule has 0 atom stereocenters. The molecule has 1 heterocycles. The molecular formula is C10H11NO2. The van der Waals surface area contributed by atoms with Crippen molar-refractivity contribution < 1.29 is 9.53 Å². The number of hydrogen-bond donors (Lipinski definition) is 1. The maximum atomic E-state index is 11.2. The van der Waals surface area contributed by atoms with Gasteiger partial charge in [-0.05, 0) is 19.1 Å². The second-order valence-electron chi connectivity index (χ2n) is 3.16. The molecule has 1 aliphatic rings. The van der Waals surface area contributed by atoms with E-state index in [9.17, 15) is 4.79 Å². The number of nitrogen functional groups attached to an aromatic ring is 1. The molecular weight excluding hydrogens is 166 g/mol. The number of benzene rings is 1. The van der Waals surface area contributed by atoms with Crippen LogP contribution in [0.1, 0.15) is 22.8 Å². The Morgan fingerprint density at radius 2 is 2.31 bits per heavy atom. The average Bonchev–Trinajstić information content (AvgIpc) is 2.53. The fourth-order valence-electron chi connectivity index (χ4n) is 1.60. The SMILES string of the molecule is CC(=O)c1ccc(N)c2c1OCC2. The van der Waals surface area contributed by atoms with Gasteiger partial charge in [0, 0.05) is 17.7 Å². The van der Waals surface area contributed by atoms with Crippen LogP contribution < -0.4 is 10.5 Å². The van der Waals surface area contributed by atoms with Crippen LogP contribution in [0.2, 0.25) is 0 Å². The van der Waals surface area contributed by atoms with Crippen LogP contribution in [0.25, 0.3) is 0 Å². The van der Waals surface area contributed by atoms with Crippen LogP contribution in [0.15, 0.2) is 12.1 Å². The third kappa shape index (κ3) is 1.16. The largest absolute Gasteiger partial charge is 0.492 e. The van der Waals surface area contributed by atoms with Crippen LogP contribution >= 0.6 is 0 Å². The van der Waals surface area contributed by atoms with Crippen molar-refractivity contribution >= 4 is 11.5 Å². The van der Waals surface area contributed by atoms with E-state index in [1.165, 1.54) is 6.92 Å². The van der Waals surface area contributed by atoms with Gasteiger partial charge in [-0.2, -0.15) is 0 Å². The van der Waals surface area contributed by atoms with Gasteiger partial charge in [0.15, 0.2) is 5.78 Å². The minimum atomic E-state index is 0.0261. The van der Waals surface area contributed by atoms with Gasteiger partial charge in [-0.15, -0.1) is 0 Å². The molecule has 1 aliphatic heterocycles. The summed E-state index contributed by atoms with van der Waals surface area (Å²) in [5.74, 6) is 0.714. The van der Waals surface area contributed by atoms with Crippen molar-refractivity contribution in [2.75, 3.05) is 12.3 Å². The van der Waals surface area contributed by atoms with E-state index in [-0.39, 0.29) is 5.78 Å². The predicted molar refractivity (Wildman–Crippen MR) is 50.1 cm³/mol. The number of fused-ring (bicyclic) bond motifs is 1. The van der Waals surface area contributed by atoms with Gasteiger partial charge in [-0.3, -0.25) is 4.79 Å². The highest BCUT2D eigenvalue weighted by Crippen LogP contribution is 2.33. The lowest BCUT2D eigenvalue weighted by molar-refractivity contribution is 0.101. The number of ketones is 1. The fraction of sp³-hybridized carbons (Fsp3) is 0.300. The molecule has 2 rings (SSSR count). The zero-order valence-corrected chi connectivity index (χ0v) is 7.46. The standard InChI is InChI=1S/C10H11NO2/c1-6(12)7-2-3-9(11)8-4-5-13-10(7)8/h2-3H,4-5,11H2,1H3. The van der Waals surface area contributed by atoms with Crippen LogP contribution in [0.4, 0.5) is 5.69 Å². The Morgan fingerprint density at radius 1 is 1.54 bits per heavy atom. The van der Waals surface area contributed by atoms with Crippen molar-refractivity contribution in [3.63, 3.8) is 0 Å². The quantitative estimate of drug-likeness (QED) is 0.521. The minimum absolute atomic E-state index is 0.0261. The number of ether oxygens (including phenoxy) is 1. The van der Waals surface area contributed by atoms with Crippen LogP contribution in [0.5, 0.6) is 5.75 Å². The molecule has 0 amide bonds. The molecule has 0 aliphatic carbocycles. The Labute approximate surface area is 76.5 Å². The van der Waals surface area contributed by atoms with E-state index in [1.54, 1.807) is 12.1 Å². The third-order valence-corrected chi connectivity index (χ3v) is 2.27. The van der Waals surface area contributed by atoms with E-state index in [4.69, 9.17) is 10.5 Å².